The van der Waals surface area contributed by atoms with Crippen molar-refractivity contribution in [2.24, 2.45) is 5.41 Å². The van der Waals surface area contributed by atoms with Crippen molar-refractivity contribution < 1.29 is 18.4 Å². The van der Waals surface area contributed by atoms with E-state index < -0.39 is 17.1 Å². The van der Waals surface area contributed by atoms with Crippen LogP contribution in [0, 0.1) is 5.41 Å². The molecule has 0 fully saturated rings. The molecule has 2 aromatic rings. The van der Waals surface area contributed by atoms with Crippen molar-refractivity contribution in [3.8, 4) is 0 Å². The quantitative estimate of drug-likeness (QED) is 0.700. The molecule has 2 amide bonds. The molecule has 0 atom stereocenters. The highest BCUT2D eigenvalue weighted by Gasteiger charge is 2.21. The number of carbonyl (C=O) groups is 2. The van der Waals surface area contributed by atoms with Crippen molar-refractivity contribution in [2.45, 2.75) is 31.4 Å². The summed E-state index contributed by atoms with van der Waals surface area (Å²) in [6, 6.07) is 12.8. The van der Waals surface area contributed by atoms with Crippen molar-refractivity contribution in [1.82, 2.24) is 0 Å². The van der Waals surface area contributed by atoms with E-state index in [-0.39, 0.29) is 10.8 Å². The number of alkyl halides is 2. The summed E-state index contributed by atoms with van der Waals surface area (Å²) < 4.78 is 25.3. The van der Waals surface area contributed by atoms with Gasteiger partial charge < -0.3 is 10.6 Å². The summed E-state index contributed by atoms with van der Waals surface area (Å²) in [4.78, 5) is 24.8. The molecule has 138 valence electrons. The first kappa shape index (κ1) is 19.9. The Morgan fingerprint density at radius 1 is 1.00 bits per heavy atom. The van der Waals surface area contributed by atoms with E-state index in [2.05, 4.69) is 10.6 Å². The highest BCUT2D eigenvalue weighted by Crippen LogP contribution is 2.32. The molecule has 2 N–H and O–H groups in total. The fourth-order valence-electron chi connectivity index (χ4n) is 2.02. The maximum Gasteiger partial charge on any atom is 0.288 e. The molecule has 4 nitrogen and oxygen atoms in total. The second-order valence-electron chi connectivity index (χ2n) is 6.61. The Morgan fingerprint density at radius 2 is 1.69 bits per heavy atom. The van der Waals surface area contributed by atoms with Crippen LogP contribution in [0.5, 0.6) is 0 Å². The van der Waals surface area contributed by atoms with Crippen molar-refractivity contribution >= 4 is 35.0 Å². The largest absolute Gasteiger partial charge is 0.326 e. The van der Waals surface area contributed by atoms with Gasteiger partial charge in [0.1, 0.15) is 0 Å². The third-order valence-corrected chi connectivity index (χ3v) is 4.20. The van der Waals surface area contributed by atoms with E-state index in [0.717, 1.165) is 0 Å². The van der Waals surface area contributed by atoms with Crippen LogP contribution in [0.15, 0.2) is 53.4 Å². The van der Waals surface area contributed by atoms with Gasteiger partial charge >= 0.3 is 0 Å². The molecule has 0 aliphatic rings. The Labute approximate surface area is 155 Å². The minimum absolute atomic E-state index is 0.172. The first-order chi connectivity index (χ1) is 12.2. The van der Waals surface area contributed by atoms with Gasteiger partial charge in [0.25, 0.3) is 11.7 Å². The summed E-state index contributed by atoms with van der Waals surface area (Å²) in [6.45, 7) is 5.36. The van der Waals surface area contributed by atoms with Gasteiger partial charge in [-0.05, 0) is 30.3 Å². The molecule has 0 aliphatic carbocycles. The van der Waals surface area contributed by atoms with Gasteiger partial charge in [0.05, 0.1) is 5.69 Å². The summed E-state index contributed by atoms with van der Waals surface area (Å²) in [6.07, 6.45) is 0. The van der Waals surface area contributed by atoms with Crippen LogP contribution in [0.1, 0.15) is 31.1 Å². The van der Waals surface area contributed by atoms with Gasteiger partial charge in [-0.2, -0.15) is 8.78 Å². The zero-order valence-corrected chi connectivity index (χ0v) is 15.5. The topological polar surface area (TPSA) is 58.2 Å². The number of rotatable bonds is 5. The molecule has 0 saturated carbocycles. The van der Waals surface area contributed by atoms with Crippen LogP contribution >= 0.6 is 11.8 Å². The lowest BCUT2D eigenvalue weighted by Crippen LogP contribution is -2.27. The Morgan fingerprint density at radius 3 is 2.35 bits per heavy atom. The smallest absolute Gasteiger partial charge is 0.288 e. The molecule has 0 aliphatic heterocycles. The van der Waals surface area contributed by atoms with Gasteiger partial charge in [0, 0.05) is 21.6 Å². The molecular weight excluding hydrogens is 358 g/mol. The first-order valence-corrected chi connectivity index (χ1v) is 8.81. The fraction of sp³-hybridized carbons (Fsp3) is 0.263. The van der Waals surface area contributed by atoms with Crippen LogP contribution in [0.2, 0.25) is 0 Å². The Kier molecular flexibility index (Phi) is 6.37. The number of hydrogen-bond acceptors (Lipinski definition) is 3. The monoisotopic (exact) mass is 378 g/mol. The number of para-hydroxylation sites is 1. The Bertz CT molecular complexity index is 804. The normalized spacial score (nSPS) is 11.3. The zero-order chi connectivity index (χ0) is 19.3. The molecule has 0 spiro atoms. The van der Waals surface area contributed by atoms with Gasteiger partial charge in [0.2, 0.25) is 5.91 Å². The average Bonchev–Trinajstić information content (AvgIpc) is 2.55. The molecule has 7 heteroatoms. The van der Waals surface area contributed by atoms with Gasteiger partial charge in [0.15, 0.2) is 0 Å². The molecule has 0 saturated heterocycles. The van der Waals surface area contributed by atoms with Crippen LogP contribution in [-0.2, 0) is 4.79 Å². The number of amides is 2. The highest BCUT2D eigenvalue weighted by atomic mass is 32.2. The lowest BCUT2D eigenvalue weighted by atomic mass is 9.95. The minimum Gasteiger partial charge on any atom is -0.326 e. The number of benzene rings is 2. The molecule has 0 aromatic heterocycles. The predicted molar refractivity (Wildman–Crippen MR) is 101 cm³/mol. The maximum absolute atomic E-state index is 12.6. The molecule has 0 unspecified atom stereocenters. The summed E-state index contributed by atoms with van der Waals surface area (Å²) >= 11 is 0.371. The van der Waals surface area contributed by atoms with Crippen LogP contribution in [0.4, 0.5) is 20.2 Å². The summed E-state index contributed by atoms with van der Waals surface area (Å²) in [5, 5.41) is 5.39. The van der Waals surface area contributed by atoms with E-state index in [1.54, 1.807) is 63.2 Å². The van der Waals surface area contributed by atoms with Gasteiger partial charge in [-0.1, -0.05) is 50.7 Å². The summed E-state index contributed by atoms with van der Waals surface area (Å²) in [7, 11) is 0. The van der Waals surface area contributed by atoms with Crippen molar-refractivity contribution in [3.63, 3.8) is 0 Å². The SMILES string of the molecule is CC(C)(C)C(=O)Nc1cccc(C(=O)Nc2ccccc2SC(F)F)c1. The predicted octanol–water partition coefficient (Wildman–Crippen LogP) is 5.24. The number of hydrogen-bond donors (Lipinski definition) is 2. The second-order valence-corrected chi connectivity index (χ2v) is 7.65. The minimum atomic E-state index is -2.58. The number of anilines is 2. The summed E-state index contributed by atoms with van der Waals surface area (Å²) in [5.74, 6) is -3.20. The van der Waals surface area contributed by atoms with Crippen LogP contribution in [0.25, 0.3) is 0 Å². The Balaban J connectivity index is 2.16. The lowest BCUT2D eigenvalue weighted by Gasteiger charge is -2.18. The standard InChI is InChI=1S/C19H20F2N2O2S/c1-19(2,3)17(25)22-13-8-6-7-12(11-13)16(24)23-14-9-4-5-10-15(14)26-18(20)21/h4-11,18H,1-3H3,(H,22,25)(H,23,24). The van der Waals surface area contributed by atoms with Gasteiger partial charge in [-0.3, -0.25) is 9.59 Å². The number of carbonyl (C=O) groups excluding carboxylic acids is 2. The third kappa shape index (κ3) is 5.56. The van der Waals surface area contributed by atoms with E-state index in [0.29, 0.717) is 28.7 Å². The van der Waals surface area contributed by atoms with E-state index in [9.17, 15) is 18.4 Å². The van der Waals surface area contributed by atoms with Gasteiger partial charge in [-0.25, -0.2) is 0 Å². The van der Waals surface area contributed by atoms with Crippen molar-refractivity contribution in [1.29, 1.82) is 0 Å². The fourth-order valence-corrected chi connectivity index (χ4v) is 2.62. The molecular formula is C19H20F2N2O2S. The first-order valence-electron chi connectivity index (χ1n) is 7.93. The van der Waals surface area contributed by atoms with Crippen LogP contribution in [-0.4, -0.2) is 17.6 Å². The van der Waals surface area contributed by atoms with Crippen molar-refractivity contribution in [3.05, 3.63) is 54.1 Å². The molecule has 0 heterocycles. The van der Waals surface area contributed by atoms with Crippen LogP contribution < -0.4 is 10.6 Å². The molecule has 2 aromatic carbocycles. The lowest BCUT2D eigenvalue weighted by molar-refractivity contribution is -0.123. The highest BCUT2D eigenvalue weighted by molar-refractivity contribution is 7.99. The summed E-state index contributed by atoms with van der Waals surface area (Å²) in [5.41, 5.74) is 0.553. The molecule has 0 bridgehead atoms. The van der Waals surface area contributed by atoms with E-state index in [4.69, 9.17) is 0 Å². The van der Waals surface area contributed by atoms with E-state index in [1.807, 2.05) is 0 Å². The number of thioether (sulfide) groups is 1. The number of nitrogens with one attached hydrogen (secondary N) is 2. The Hall–Kier alpha value is -2.41. The molecule has 2 rings (SSSR count). The maximum atomic E-state index is 12.6. The zero-order valence-electron chi connectivity index (χ0n) is 14.7. The second kappa shape index (κ2) is 8.31. The van der Waals surface area contributed by atoms with E-state index in [1.165, 1.54) is 6.07 Å². The van der Waals surface area contributed by atoms with E-state index >= 15 is 0 Å². The molecule has 0 radical (unpaired) electrons. The van der Waals surface area contributed by atoms with Gasteiger partial charge in [-0.15, -0.1) is 0 Å². The van der Waals surface area contributed by atoms with Crippen LogP contribution in [0.3, 0.4) is 0 Å². The van der Waals surface area contributed by atoms with Crippen molar-refractivity contribution in [2.75, 3.05) is 10.6 Å². The number of halogens is 2. The third-order valence-electron chi connectivity index (χ3n) is 3.42. The molecule has 26 heavy (non-hydrogen) atoms. The average molecular weight is 378 g/mol.